The molecule has 0 N–H and O–H groups in total. The number of hydrogen-bond donors (Lipinski definition) is 0. The Morgan fingerprint density at radius 2 is 1.97 bits per heavy atom. The Hall–Kier alpha value is -3.52. The van der Waals surface area contributed by atoms with E-state index in [1.807, 2.05) is 60.8 Å². The van der Waals surface area contributed by atoms with Crippen LogP contribution in [0.5, 0.6) is 11.5 Å². The number of nitrogens with zero attached hydrogens (tertiary/aromatic N) is 2. The van der Waals surface area contributed by atoms with E-state index in [0.29, 0.717) is 42.3 Å². The Morgan fingerprint density at radius 3 is 2.73 bits per heavy atom. The van der Waals surface area contributed by atoms with E-state index in [0.717, 1.165) is 10.4 Å². The molecule has 2 aromatic heterocycles. The lowest BCUT2D eigenvalue weighted by Gasteiger charge is -2.22. The van der Waals surface area contributed by atoms with E-state index in [-0.39, 0.29) is 18.9 Å². The van der Waals surface area contributed by atoms with Gasteiger partial charge in [-0.05, 0) is 48.2 Å². The minimum Gasteiger partial charge on any atom is -0.493 e. The highest BCUT2D eigenvalue weighted by Gasteiger charge is 2.16. The molecule has 4 rings (SSSR count). The first-order valence-electron chi connectivity index (χ1n) is 10.8. The summed E-state index contributed by atoms with van der Waals surface area (Å²) in [6.45, 7) is 3.68. The average Bonchev–Trinajstić information content (AvgIpc) is 3.47. The number of carbonyl (C=O) groups is 1. The number of ether oxygens (including phenoxy) is 2. The van der Waals surface area contributed by atoms with Crippen molar-refractivity contribution in [2.45, 2.75) is 33.0 Å². The van der Waals surface area contributed by atoms with Gasteiger partial charge in [0.25, 0.3) is 0 Å². The molecular weight excluding hydrogens is 440 g/mol. The maximum absolute atomic E-state index is 12.9. The van der Waals surface area contributed by atoms with Crippen LogP contribution in [0.1, 0.15) is 23.8 Å². The molecule has 0 fully saturated rings. The number of para-hydroxylation sites is 2. The van der Waals surface area contributed by atoms with Gasteiger partial charge in [0.05, 0.1) is 12.6 Å². The van der Waals surface area contributed by atoms with E-state index in [1.54, 1.807) is 29.4 Å². The van der Waals surface area contributed by atoms with Gasteiger partial charge in [-0.15, -0.1) is 11.3 Å². The van der Waals surface area contributed by atoms with Crippen LogP contribution in [0.15, 0.2) is 69.2 Å². The van der Waals surface area contributed by atoms with Crippen LogP contribution in [0.2, 0.25) is 0 Å². The third kappa shape index (κ3) is 5.28. The molecule has 0 bridgehead atoms. The van der Waals surface area contributed by atoms with E-state index in [4.69, 9.17) is 13.9 Å². The molecule has 0 saturated heterocycles. The lowest BCUT2D eigenvalue weighted by Crippen LogP contribution is -2.31. The summed E-state index contributed by atoms with van der Waals surface area (Å²) >= 11 is 1.64. The van der Waals surface area contributed by atoms with E-state index in [1.165, 1.54) is 4.57 Å². The second-order valence-electron chi connectivity index (χ2n) is 7.50. The van der Waals surface area contributed by atoms with Crippen LogP contribution >= 0.6 is 11.3 Å². The Morgan fingerprint density at radius 1 is 1.12 bits per heavy atom. The number of aromatic nitrogens is 1. The van der Waals surface area contributed by atoms with Gasteiger partial charge < -0.3 is 18.8 Å². The van der Waals surface area contributed by atoms with Crippen molar-refractivity contribution >= 4 is 28.3 Å². The number of benzene rings is 2. The van der Waals surface area contributed by atoms with Gasteiger partial charge in [-0.1, -0.05) is 24.3 Å². The van der Waals surface area contributed by atoms with E-state index >= 15 is 0 Å². The summed E-state index contributed by atoms with van der Waals surface area (Å²) in [7, 11) is 1.60. The topological polar surface area (TPSA) is 73.9 Å². The van der Waals surface area contributed by atoms with Gasteiger partial charge in [-0.3, -0.25) is 9.36 Å². The lowest BCUT2D eigenvalue weighted by atomic mass is 10.1. The number of carbonyl (C=O) groups excluding carboxylic acids is 1. The summed E-state index contributed by atoms with van der Waals surface area (Å²) in [6, 6.07) is 16.9. The van der Waals surface area contributed by atoms with Gasteiger partial charge in [0.15, 0.2) is 17.1 Å². The fourth-order valence-corrected chi connectivity index (χ4v) is 4.28. The number of oxazole rings is 1. The largest absolute Gasteiger partial charge is 0.493 e. The highest BCUT2D eigenvalue weighted by molar-refractivity contribution is 7.09. The van der Waals surface area contributed by atoms with Crippen molar-refractivity contribution < 1.29 is 18.7 Å². The molecule has 0 spiro atoms. The number of amides is 1. The number of fused-ring (bicyclic) bond motifs is 1. The van der Waals surface area contributed by atoms with Gasteiger partial charge in [0.1, 0.15) is 6.61 Å². The van der Waals surface area contributed by atoms with E-state index < -0.39 is 5.76 Å². The van der Waals surface area contributed by atoms with Crippen LogP contribution in [0.3, 0.4) is 0 Å². The van der Waals surface area contributed by atoms with Crippen molar-refractivity contribution in [3.8, 4) is 11.5 Å². The maximum Gasteiger partial charge on any atom is 0.419 e. The van der Waals surface area contributed by atoms with Crippen molar-refractivity contribution in [3.05, 3.63) is 81.0 Å². The zero-order valence-corrected chi connectivity index (χ0v) is 19.5. The fraction of sp³-hybridized carbons (Fsp3) is 0.280. The minimum absolute atomic E-state index is 0.0355. The number of methoxy groups -OCH3 is 1. The molecule has 4 aromatic rings. The Bertz CT molecular complexity index is 1280. The second kappa shape index (κ2) is 10.4. The van der Waals surface area contributed by atoms with Crippen molar-refractivity contribution in [1.82, 2.24) is 9.47 Å². The summed E-state index contributed by atoms with van der Waals surface area (Å²) < 4.78 is 18.2. The molecule has 0 radical (unpaired) electrons. The molecule has 2 aromatic carbocycles. The van der Waals surface area contributed by atoms with Crippen LogP contribution in [0.25, 0.3) is 11.1 Å². The van der Waals surface area contributed by atoms with Crippen molar-refractivity contribution in [2.75, 3.05) is 13.7 Å². The first kappa shape index (κ1) is 22.7. The lowest BCUT2D eigenvalue weighted by molar-refractivity contribution is -0.131. The molecule has 7 nitrogen and oxygen atoms in total. The van der Waals surface area contributed by atoms with Gasteiger partial charge in [-0.2, -0.15) is 0 Å². The number of rotatable bonds is 10. The first-order chi connectivity index (χ1) is 16.1. The summed E-state index contributed by atoms with van der Waals surface area (Å²) in [5, 5.41) is 2.01. The average molecular weight is 467 g/mol. The van der Waals surface area contributed by atoms with Crippen LogP contribution in [0, 0.1) is 0 Å². The highest BCUT2D eigenvalue weighted by Crippen LogP contribution is 2.30. The molecule has 2 heterocycles. The predicted octanol–water partition coefficient (Wildman–Crippen LogP) is 4.68. The van der Waals surface area contributed by atoms with E-state index in [9.17, 15) is 9.59 Å². The summed E-state index contributed by atoms with van der Waals surface area (Å²) in [4.78, 5) is 28.0. The first-order valence-corrected chi connectivity index (χ1v) is 11.6. The molecule has 33 heavy (non-hydrogen) atoms. The molecule has 172 valence electrons. The van der Waals surface area contributed by atoms with Gasteiger partial charge in [0.2, 0.25) is 5.91 Å². The second-order valence-corrected chi connectivity index (χ2v) is 8.53. The molecule has 8 heteroatoms. The summed E-state index contributed by atoms with van der Waals surface area (Å²) in [5.41, 5.74) is 2.16. The predicted molar refractivity (Wildman–Crippen MR) is 128 cm³/mol. The zero-order valence-electron chi connectivity index (χ0n) is 18.7. The van der Waals surface area contributed by atoms with Crippen molar-refractivity contribution in [2.24, 2.45) is 0 Å². The smallest absolute Gasteiger partial charge is 0.419 e. The van der Waals surface area contributed by atoms with Gasteiger partial charge in [0, 0.05) is 30.9 Å². The molecule has 0 atom stereocenters. The molecule has 1 amide bonds. The third-order valence-corrected chi connectivity index (χ3v) is 6.26. The third-order valence-electron chi connectivity index (χ3n) is 5.41. The van der Waals surface area contributed by atoms with Crippen LogP contribution in [-0.2, 0) is 24.5 Å². The Kier molecular flexibility index (Phi) is 7.14. The van der Waals surface area contributed by atoms with Crippen LogP contribution in [0.4, 0.5) is 0 Å². The fourth-order valence-electron chi connectivity index (χ4n) is 3.66. The van der Waals surface area contributed by atoms with Gasteiger partial charge >= 0.3 is 5.76 Å². The van der Waals surface area contributed by atoms with Crippen LogP contribution in [-0.4, -0.2) is 29.0 Å². The Labute approximate surface area is 195 Å². The summed E-state index contributed by atoms with van der Waals surface area (Å²) in [5.74, 6) is 0.806. The molecule has 0 aliphatic carbocycles. The van der Waals surface area contributed by atoms with Crippen molar-refractivity contribution in [3.63, 3.8) is 0 Å². The maximum atomic E-state index is 12.9. The standard InChI is InChI=1S/C25H26N2O5S/c1-3-26(24(28)12-13-27-20-8-4-5-9-21(20)32-25(27)29)16-18-10-11-22(23(15-18)30-2)31-17-19-7-6-14-33-19/h4-11,14-15H,3,12-13,16-17H2,1-2H3. The minimum atomic E-state index is -0.449. The Balaban J connectivity index is 1.40. The number of thiophene rings is 1. The van der Waals surface area contributed by atoms with Crippen LogP contribution < -0.4 is 15.2 Å². The normalized spacial score (nSPS) is 11.0. The molecule has 0 unspecified atom stereocenters. The molecule has 0 aliphatic rings. The summed E-state index contributed by atoms with van der Waals surface area (Å²) in [6.07, 6.45) is 0.205. The van der Waals surface area contributed by atoms with Crippen molar-refractivity contribution in [1.29, 1.82) is 0 Å². The SMILES string of the molecule is CCN(Cc1ccc(OCc2cccs2)c(OC)c1)C(=O)CCn1c(=O)oc2ccccc21. The van der Waals surface area contributed by atoms with Gasteiger partial charge in [-0.25, -0.2) is 4.79 Å². The zero-order chi connectivity index (χ0) is 23.2. The quantitative estimate of drug-likeness (QED) is 0.339. The molecule has 0 aliphatic heterocycles. The molecule has 0 saturated carbocycles. The van der Waals surface area contributed by atoms with E-state index in [2.05, 4.69) is 0 Å². The monoisotopic (exact) mass is 466 g/mol. The number of hydrogen-bond acceptors (Lipinski definition) is 6. The number of aryl methyl sites for hydroxylation is 1. The molecular formula is C25H26N2O5S. The highest BCUT2D eigenvalue weighted by atomic mass is 32.1.